The highest BCUT2D eigenvalue weighted by Gasteiger charge is 2.26. The van der Waals surface area contributed by atoms with Crippen molar-refractivity contribution in [3.8, 4) is 0 Å². The second kappa shape index (κ2) is 4.80. The first-order chi connectivity index (χ1) is 10.7. The summed E-state index contributed by atoms with van der Waals surface area (Å²) in [6.45, 7) is 0. The van der Waals surface area contributed by atoms with Crippen LogP contribution in [-0.4, -0.2) is 21.9 Å². The number of nitrogens with zero attached hydrogens (tertiary/aromatic N) is 4. The Morgan fingerprint density at radius 1 is 1.09 bits per heavy atom. The van der Waals surface area contributed by atoms with Crippen molar-refractivity contribution < 1.29 is 9.59 Å². The number of benzene rings is 1. The molecule has 0 saturated heterocycles. The lowest BCUT2D eigenvalue weighted by atomic mass is 10.2. The van der Waals surface area contributed by atoms with Crippen LogP contribution in [0.5, 0.6) is 0 Å². The molecule has 0 unspecified atom stereocenters. The van der Waals surface area contributed by atoms with Crippen molar-refractivity contribution in [2.75, 3.05) is 5.32 Å². The highest BCUT2D eigenvalue weighted by Crippen LogP contribution is 2.38. The van der Waals surface area contributed by atoms with Gasteiger partial charge in [0.2, 0.25) is 0 Å². The topological polar surface area (TPSA) is 96.7 Å². The lowest BCUT2D eigenvalue weighted by Crippen LogP contribution is -2.23. The predicted octanol–water partition coefficient (Wildman–Crippen LogP) is 0.979. The molecule has 4 rings (SSSR count). The molecule has 22 heavy (non-hydrogen) atoms. The number of aromatic nitrogens is 2. The lowest BCUT2D eigenvalue weighted by Gasteiger charge is -2.05. The molecule has 0 spiro atoms. The number of anilines is 1. The first-order valence-electron chi connectivity index (χ1n) is 6.94. The van der Waals surface area contributed by atoms with Crippen LogP contribution >= 0.6 is 0 Å². The summed E-state index contributed by atoms with van der Waals surface area (Å²) in [4.78, 5) is 39.1. The molecule has 2 aromatic rings. The van der Waals surface area contributed by atoms with Crippen molar-refractivity contribution in [2.45, 2.75) is 18.8 Å². The molecular weight excluding hydrogens is 282 g/mol. The van der Waals surface area contributed by atoms with Crippen molar-refractivity contribution in [1.82, 2.24) is 9.97 Å². The predicted molar refractivity (Wildman–Crippen MR) is 76.1 cm³/mol. The largest absolute Gasteiger partial charge is 0.368 e. The van der Waals surface area contributed by atoms with E-state index in [0.29, 0.717) is 28.0 Å². The Bertz CT molecular complexity index is 918. The highest BCUT2D eigenvalue weighted by atomic mass is 16.2. The van der Waals surface area contributed by atoms with Gasteiger partial charge in [0.1, 0.15) is 12.0 Å². The molecule has 2 heterocycles. The van der Waals surface area contributed by atoms with E-state index in [1.165, 1.54) is 6.33 Å². The zero-order valence-corrected chi connectivity index (χ0v) is 11.5. The van der Waals surface area contributed by atoms with Gasteiger partial charge in [-0.1, -0.05) is 0 Å². The number of nitrogens with one attached hydrogen (secondary N) is 1. The van der Waals surface area contributed by atoms with Crippen molar-refractivity contribution in [1.29, 1.82) is 0 Å². The third-order valence-electron chi connectivity index (χ3n) is 3.58. The van der Waals surface area contributed by atoms with Crippen LogP contribution in [0.25, 0.3) is 0 Å². The molecule has 7 heteroatoms. The summed E-state index contributed by atoms with van der Waals surface area (Å²) in [6.07, 6.45) is 3.64. The quantitative estimate of drug-likeness (QED) is 0.912. The molecule has 0 atom stereocenters. The Hall–Kier alpha value is -2.96. The van der Waals surface area contributed by atoms with Gasteiger partial charge in [0, 0.05) is 17.3 Å². The van der Waals surface area contributed by atoms with Gasteiger partial charge in [0.05, 0.1) is 10.7 Å². The minimum atomic E-state index is -0.525. The van der Waals surface area contributed by atoms with E-state index < -0.39 is 6.03 Å². The molecule has 1 fully saturated rings. The Morgan fingerprint density at radius 2 is 1.91 bits per heavy atom. The van der Waals surface area contributed by atoms with E-state index in [1.54, 1.807) is 24.3 Å². The van der Waals surface area contributed by atoms with Crippen molar-refractivity contribution in [2.24, 2.45) is 9.98 Å². The molecule has 1 aromatic carbocycles. The van der Waals surface area contributed by atoms with Gasteiger partial charge in [-0.15, -0.1) is 0 Å². The number of carbonyl (C=O) groups is 2. The van der Waals surface area contributed by atoms with E-state index in [4.69, 9.17) is 0 Å². The SMILES string of the molecule is O=C1N=c2ccc(NC(=O)c3cc(C4CC4)ncn3)cc2=N1. The molecule has 1 N–H and O–H groups in total. The Kier molecular flexibility index (Phi) is 2.78. The second-order valence-electron chi connectivity index (χ2n) is 5.27. The fourth-order valence-electron chi connectivity index (χ4n) is 2.31. The zero-order chi connectivity index (χ0) is 15.1. The fourth-order valence-corrected chi connectivity index (χ4v) is 2.31. The number of urea groups is 1. The van der Waals surface area contributed by atoms with Crippen LogP contribution < -0.4 is 16.0 Å². The summed E-state index contributed by atoms with van der Waals surface area (Å²) < 4.78 is 0. The molecule has 108 valence electrons. The molecule has 0 bridgehead atoms. The maximum absolute atomic E-state index is 12.3. The van der Waals surface area contributed by atoms with Gasteiger partial charge in [-0.05, 0) is 37.1 Å². The summed E-state index contributed by atoms with van der Waals surface area (Å²) in [5.74, 6) is 0.145. The van der Waals surface area contributed by atoms with Crippen LogP contribution in [0.4, 0.5) is 10.5 Å². The van der Waals surface area contributed by atoms with E-state index >= 15 is 0 Å². The first-order valence-corrected chi connectivity index (χ1v) is 6.94. The van der Waals surface area contributed by atoms with Crippen LogP contribution in [0.3, 0.4) is 0 Å². The van der Waals surface area contributed by atoms with Crippen LogP contribution in [0, 0.1) is 0 Å². The van der Waals surface area contributed by atoms with E-state index in [2.05, 4.69) is 25.3 Å². The van der Waals surface area contributed by atoms with Crippen molar-refractivity contribution >= 4 is 17.6 Å². The maximum atomic E-state index is 12.3. The molecule has 1 saturated carbocycles. The molecule has 2 aliphatic rings. The summed E-state index contributed by atoms with van der Waals surface area (Å²) >= 11 is 0. The zero-order valence-electron chi connectivity index (χ0n) is 11.5. The van der Waals surface area contributed by atoms with Gasteiger partial charge in [0.15, 0.2) is 0 Å². The molecule has 1 aliphatic carbocycles. The minimum absolute atomic E-state index is 0.314. The number of hydrogen-bond acceptors (Lipinski definition) is 4. The number of amides is 3. The van der Waals surface area contributed by atoms with Crippen molar-refractivity contribution in [3.05, 3.63) is 52.7 Å². The number of rotatable bonds is 3. The lowest BCUT2D eigenvalue weighted by molar-refractivity contribution is 0.102. The second-order valence-corrected chi connectivity index (χ2v) is 5.27. The average molecular weight is 293 g/mol. The average Bonchev–Trinajstić information content (AvgIpc) is 3.29. The Morgan fingerprint density at radius 3 is 2.73 bits per heavy atom. The number of hydrogen-bond donors (Lipinski definition) is 1. The fraction of sp³-hybridized carbons (Fsp3) is 0.200. The van der Waals surface area contributed by atoms with Gasteiger partial charge < -0.3 is 5.32 Å². The van der Waals surface area contributed by atoms with Gasteiger partial charge in [-0.3, -0.25) is 4.79 Å². The molecule has 0 radical (unpaired) electrons. The van der Waals surface area contributed by atoms with Crippen LogP contribution in [0.15, 0.2) is 40.6 Å². The molecular formula is C15H11N5O2. The Balaban J connectivity index is 1.59. The van der Waals surface area contributed by atoms with Gasteiger partial charge in [-0.25, -0.2) is 14.8 Å². The van der Waals surface area contributed by atoms with E-state index in [1.807, 2.05) is 0 Å². The van der Waals surface area contributed by atoms with Gasteiger partial charge >= 0.3 is 6.03 Å². The first kappa shape index (κ1) is 12.8. The van der Waals surface area contributed by atoms with E-state index in [9.17, 15) is 9.59 Å². The summed E-state index contributed by atoms with van der Waals surface area (Å²) in [6, 6.07) is 6.14. The monoisotopic (exact) mass is 293 g/mol. The van der Waals surface area contributed by atoms with Crippen LogP contribution in [-0.2, 0) is 0 Å². The number of carbonyl (C=O) groups excluding carboxylic acids is 2. The Labute approximate surface area is 124 Å². The molecule has 3 amide bonds. The molecule has 1 aliphatic heterocycles. The summed E-state index contributed by atoms with van der Waals surface area (Å²) in [7, 11) is 0. The van der Waals surface area contributed by atoms with Crippen molar-refractivity contribution in [3.63, 3.8) is 0 Å². The maximum Gasteiger partial charge on any atom is 0.368 e. The van der Waals surface area contributed by atoms with Gasteiger partial charge in [-0.2, -0.15) is 9.98 Å². The van der Waals surface area contributed by atoms with E-state index in [0.717, 1.165) is 18.5 Å². The van der Waals surface area contributed by atoms with Gasteiger partial charge in [0.25, 0.3) is 5.91 Å². The standard InChI is InChI=1S/C15H11N5O2/c21-14(13-6-11(8-1-2-8)16-7-17-13)18-9-3-4-10-12(5-9)20-15(22)19-10/h3-8H,1-2H2,(H,18,21). The smallest absolute Gasteiger partial charge is 0.321 e. The summed E-state index contributed by atoms with van der Waals surface area (Å²) in [5.41, 5.74) is 1.78. The van der Waals surface area contributed by atoms with Crippen LogP contribution in [0.1, 0.15) is 34.9 Å². The molecule has 7 nitrogen and oxygen atoms in total. The summed E-state index contributed by atoms with van der Waals surface area (Å²) in [5, 5.41) is 3.72. The number of fused-ring (bicyclic) bond motifs is 1. The third-order valence-corrected chi connectivity index (χ3v) is 3.58. The highest BCUT2D eigenvalue weighted by molar-refractivity contribution is 6.02. The minimum Gasteiger partial charge on any atom is -0.321 e. The molecule has 1 aromatic heterocycles. The normalized spacial score (nSPS) is 15.7. The third kappa shape index (κ3) is 2.37. The van der Waals surface area contributed by atoms with Crippen LogP contribution in [0.2, 0.25) is 0 Å². The van der Waals surface area contributed by atoms with E-state index in [-0.39, 0.29) is 5.91 Å².